The van der Waals surface area contributed by atoms with Crippen molar-refractivity contribution in [3.8, 4) is 11.3 Å². The highest BCUT2D eigenvalue weighted by molar-refractivity contribution is 6.36. The number of pyridine rings is 1. The molecule has 34 heavy (non-hydrogen) atoms. The zero-order chi connectivity index (χ0) is 24.5. The molecule has 0 amide bonds. The van der Waals surface area contributed by atoms with Crippen LogP contribution in [0.5, 0.6) is 0 Å². The molecule has 0 aliphatic carbocycles. The Morgan fingerprint density at radius 1 is 1.09 bits per heavy atom. The van der Waals surface area contributed by atoms with Crippen molar-refractivity contribution < 1.29 is 18.0 Å². The Kier molecular flexibility index (Phi) is 6.44. The predicted octanol–water partition coefficient (Wildman–Crippen LogP) is 4.34. The molecule has 0 bridgehead atoms. The minimum Gasteiger partial charge on any atom is -0.383 e. The van der Waals surface area contributed by atoms with E-state index in [1.54, 1.807) is 28.8 Å². The van der Waals surface area contributed by atoms with Crippen molar-refractivity contribution in [2.45, 2.75) is 6.18 Å². The number of Topliss-reactive ketones (excluding diaryl/α,β-unsaturated/α-hetero) is 1. The van der Waals surface area contributed by atoms with Gasteiger partial charge in [0.15, 0.2) is 5.82 Å². The second kappa shape index (κ2) is 9.31. The summed E-state index contributed by atoms with van der Waals surface area (Å²) in [5.41, 5.74) is 6.52. The van der Waals surface area contributed by atoms with Gasteiger partial charge in [-0.1, -0.05) is 23.2 Å². The normalized spacial score (nSPS) is 11.6. The van der Waals surface area contributed by atoms with Crippen LogP contribution in [0.15, 0.2) is 42.9 Å². The number of alkyl halides is 3. The molecule has 0 atom stereocenters. The van der Waals surface area contributed by atoms with Crippen molar-refractivity contribution in [2.75, 3.05) is 29.5 Å². The van der Waals surface area contributed by atoms with Crippen LogP contribution < -0.4 is 16.4 Å². The zero-order valence-corrected chi connectivity index (χ0v) is 18.6. The van der Waals surface area contributed by atoms with Gasteiger partial charge in [-0.15, -0.1) is 10.2 Å². The second-order valence-corrected chi connectivity index (χ2v) is 7.81. The topological polar surface area (TPSA) is 123 Å². The predicted molar refractivity (Wildman–Crippen MR) is 122 cm³/mol. The lowest BCUT2D eigenvalue weighted by atomic mass is 10.1. The molecular weight excluding hydrogens is 496 g/mol. The minimum absolute atomic E-state index is 0.209. The fourth-order valence-corrected chi connectivity index (χ4v) is 3.58. The average molecular weight is 511 g/mol. The zero-order valence-electron chi connectivity index (χ0n) is 17.1. The Morgan fingerprint density at radius 3 is 2.56 bits per heavy atom. The van der Waals surface area contributed by atoms with E-state index in [2.05, 4.69) is 30.8 Å². The highest BCUT2D eigenvalue weighted by atomic mass is 35.5. The first-order valence-corrected chi connectivity index (χ1v) is 10.4. The molecule has 4 rings (SSSR count). The molecule has 9 nitrogen and oxygen atoms in total. The summed E-state index contributed by atoms with van der Waals surface area (Å²) in [6.07, 6.45) is -1.78. The monoisotopic (exact) mass is 510 g/mol. The molecule has 4 N–H and O–H groups in total. The summed E-state index contributed by atoms with van der Waals surface area (Å²) in [6, 6.07) is 7.28. The van der Waals surface area contributed by atoms with Gasteiger partial charge in [0, 0.05) is 29.9 Å². The standard InChI is InChI=1S/C20H15Cl2F3N8O/c21-10-1-2-11(13(22)7-10)14-8-33-9-29-32-19(33)18(30-14)28-6-5-27-15-4-3-12(17(26)31-15)16(34)20(23,24)25/h1-4,7-9H,5-6H2,(H,28,30)(H3,26,27,31). The largest absolute Gasteiger partial charge is 0.455 e. The Hall–Kier alpha value is -3.64. The van der Waals surface area contributed by atoms with Crippen molar-refractivity contribution in [3.63, 3.8) is 0 Å². The molecule has 0 aliphatic heterocycles. The number of halogens is 5. The molecule has 0 aliphatic rings. The smallest absolute Gasteiger partial charge is 0.383 e. The molecule has 0 radical (unpaired) electrons. The molecular formula is C20H15Cl2F3N8O. The molecule has 0 saturated carbocycles. The molecule has 0 saturated heterocycles. The number of rotatable bonds is 7. The van der Waals surface area contributed by atoms with E-state index in [1.165, 1.54) is 12.4 Å². The SMILES string of the molecule is Nc1nc(NCCNc2nc(-c3ccc(Cl)cc3Cl)cn3cnnc23)ccc1C(=O)C(F)(F)F. The van der Waals surface area contributed by atoms with Crippen LogP contribution in [-0.4, -0.2) is 49.6 Å². The number of benzene rings is 1. The van der Waals surface area contributed by atoms with Gasteiger partial charge in [-0.25, -0.2) is 9.97 Å². The van der Waals surface area contributed by atoms with E-state index in [-0.39, 0.29) is 5.82 Å². The third kappa shape index (κ3) is 4.97. The third-order valence-corrected chi connectivity index (χ3v) is 5.18. The Morgan fingerprint density at radius 2 is 1.85 bits per heavy atom. The van der Waals surface area contributed by atoms with E-state index in [9.17, 15) is 18.0 Å². The number of anilines is 3. The van der Waals surface area contributed by atoms with Gasteiger partial charge >= 0.3 is 6.18 Å². The number of carbonyl (C=O) groups is 1. The lowest BCUT2D eigenvalue weighted by molar-refractivity contribution is -0.0884. The summed E-state index contributed by atoms with van der Waals surface area (Å²) in [5, 5.41) is 14.9. The van der Waals surface area contributed by atoms with Gasteiger partial charge in [0.2, 0.25) is 5.65 Å². The maximum absolute atomic E-state index is 12.6. The lowest BCUT2D eigenvalue weighted by Crippen LogP contribution is -2.24. The van der Waals surface area contributed by atoms with E-state index in [4.69, 9.17) is 28.9 Å². The van der Waals surface area contributed by atoms with Crippen molar-refractivity contribution in [1.82, 2.24) is 24.6 Å². The molecule has 1 aromatic carbocycles. The number of carbonyl (C=O) groups excluding carboxylic acids is 1. The number of fused-ring (bicyclic) bond motifs is 1. The second-order valence-electron chi connectivity index (χ2n) is 6.97. The lowest BCUT2D eigenvalue weighted by Gasteiger charge is -2.12. The van der Waals surface area contributed by atoms with Gasteiger partial charge < -0.3 is 16.4 Å². The Balaban J connectivity index is 1.46. The number of nitrogens with one attached hydrogen (secondary N) is 2. The third-order valence-electron chi connectivity index (χ3n) is 4.64. The molecule has 0 spiro atoms. The van der Waals surface area contributed by atoms with Gasteiger partial charge in [-0.05, 0) is 30.3 Å². The van der Waals surface area contributed by atoms with E-state index in [1.807, 2.05) is 0 Å². The van der Waals surface area contributed by atoms with Crippen LogP contribution in [0, 0.1) is 0 Å². The van der Waals surface area contributed by atoms with Crippen molar-refractivity contribution >= 4 is 52.1 Å². The van der Waals surface area contributed by atoms with Crippen LogP contribution in [0.2, 0.25) is 10.0 Å². The van der Waals surface area contributed by atoms with Crippen molar-refractivity contribution in [1.29, 1.82) is 0 Å². The van der Waals surface area contributed by atoms with Gasteiger partial charge in [-0.3, -0.25) is 9.20 Å². The first-order chi connectivity index (χ1) is 16.1. The molecule has 0 fully saturated rings. The summed E-state index contributed by atoms with van der Waals surface area (Å²) in [6.45, 7) is 0.630. The number of nitrogens with zero attached hydrogens (tertiary/aromatic N) is 5. The van der Waals surface area contributed by atoms with Gasteiger partial charge in [0.05, 0.1) is 16.3 Å². The van der Waals surface area contributed by atoms with Crippen LogP contribution >= 0.6 is 23.2 Å². The van der Waals surface area contributed by atoms with Gasteiger partial charge in [-0.2, -0.15) is 13.2 Å². The van der Waals surface area contributed by atoms with E-state index in [0.717, 1.165) is 6.07 Å². The first-order valence-electron chi connectivity index (χ1n) is 9.65. The quantitative estimate of drug-likeness (QED) is 0.247. The summed E-state index contributed by atoms with van der Waals surface area (Å²) in [7, 11) is 0. The molecule has 176 valence electrons. The summed E-state index contributed by atoms with van der Waals surface area (Å²) in [4.78, 5) is 19.8. The van der Waals surface area contributed by atoms with E-state index >= 15 is 0 Å². The van der Waals surface area contributed by atoms with E-state index < -0.39 is 23.3 Å². The van der Waals surface area contributed by atoms with Crippen molar-refractivity contribution in [2.24, 2.45) is 0 Å². The van der Waals surface area contributed by atoms with Crippen molar-refractivity contribution in [3.05, 3.63) is 58.5 Å². The fourth-order valence-electron chi connectivity index (χ4n) is 3.07. The average Bonchev–Trinajstić information content (AvgIpc) is 3.24. The molecule has 14 heteroatoms. The maximum Gasteiger partial charge on any atom is 0.455 e. The van der Waals surface area contributed by atoms with Crippen LogP contribution in [-0.2, 0) is 0 Å². The van der Waals surface area contributed by atoms with Crippen LogP contribution in [0.4, 0.5) is 30.6 Å². The molecule has 3 aromatic heterocycles. The number of hydrogen-bond acceptors (Lipinski definition) is 8. The van der Waals surface area contributed by atoms with Crippen LogP contribution in [0.3, 0.4) is 0 Å². The summed E-state index contributed by atoms with van der Waals surface area (Å²) in [5.74, 6) is -1.92. The fraction of sp³-hybridized carbons (Fsp3) is 0.150. The Labute approximate surface area is 200 Å². The number of nitrogens with two attached hydrogens (primary N) is 1. The van der Waals surface area contributed by atoms with E-state index in [0.29, 0.717) is 45.9 Å². The summed E-state index contributed by atoms with van der Waals surface area (Å²) >= 11 is 12.3. The number of aromatic nitrogens is 5. The first kappa shape index (κ1) is 23.5. The summed E-state index contributed by atoms with van der Waals surface area (Å²) < 4.78 is 39.5. The molecule has 0 unspecified atom stereocenters. The number of nitrogen functional groups attached to an aromatic ring is 1. The van der Waals surface area contributed by atoms with Gasteiger partial charge in [0.25, 0.3) is 5.78 Å². The van der Waals surface area contributed by atoms with Crippen LogP contribution in [0.25, 0.3) is 16.9 Å². The number of hydrogen-bond donors (Lipinski definition) is 3. The molecule has 4 aromatic rings. The highest BCUT2D eigenvalue weighted by Gasteiger charge is 2.40. The minimum atomic E-state index is -5.03. The maximum atomic E-state index is 12.6. The Bertz CT molecular complexity index is 1380. The van der Waals surface area contributed by atoms with Gasteiger partial charge in [0.1, 0.15) is 18.0 Å². The number of ketones is 1. The molecule has 3 heterocycles. The highest BCUT2D eigenvalue weighted by Crippen LogP contribution is 2.30. The van der Waals surface area contributed by atoms with Crippen LogP contribution in [0.1, 0.15) is 10.4 Å².